The Balaban J connectivity index is 2.24. The highest BCUT2D eigenvalue weighted by Gasteiger charge is 2.21. The van der Waals surface area contributed by atoms with Gasteiger partial charge in [0.25, 0.3) is 0 Å². The Morgan fingerprint density at radius 2 is 2.05 bits per heavy atom. The highest BCUT2D eigenvalue weighted by atomic mass is 32.2. The minimum Gasteiger partial charge on any atom is -0.505 e. The summed E-state index contributed by atoms with van der Waals surface area (Å²) in [5.74, 6) is 0.318. The van der Waals surface area contributed by atoms with Gasteiger partial charge in [-0.15, -0.1) is 0 Å². The summed E-state index contributed by atoms with van der Waals surface area (Å²) in [6, 6.07) is 2.97. The molecular weight excluding hydrogens is 308 g/mol. The minimum absolute atomic E-state index is 0.0296. The molecule has 0 saturated carbocycles. The predicted octanol–water partition coefficient (Wildman–Crippen LogP) is 0.347. The second-order valence-electron chi connectivity index (χ2n) is 4.38. The van der Waals surface area contributed by atoms with Crippen LogP contribution in [0, 0.1) is 0 Å². The summed E-state index contributed by atoms with van der Waals surface area (Å²) in [6.45, 7) is 1.55. The first kappa shape index (κ1) is 14.2. The molecule has 1 N–H and O–H groups in total. The van der Waals surface area contributed by atoms with Crippen LogP contribution in [-0.4, -0.2) is 48.8 Å². The van der Waals surface area contributed by atoms with Crippen molar-refractivity contribution in [2.24, 2.45) is 0 Å². The third-order valence-corrected chi connectivity index (χ3v) is 4.73. The zero-order valence-corrected chi connectivity index (χ0v) is 12.3. The molecule has 0 fully saturated rings. The number of aromatic nitrogens is 6. The highest BCUT2D eigenvalue weighted by molar-refractivity contribution is 7.91. The average molecular weight is 320 g/mol. The second kappa shape index (κ2) is 5.22. The topological polar surface area (TPSA) is 116 Å². The molecule has 0 atom stereocenters. The maximum absolute atomic E-state index is 12.2. The fourth-order valence-corrected chi connectivity index (χ4v) is 2.87. The van der Waals surface area contributed by atoms with Crippen molar-refractivity contribution in [2.45, 2.75) is 11.8 Å². The third kappa shape index (κ3) is 2.44. The number of nitrogens with zero attached hydrogens (tertiary/aromatic N) is 6. The Morgan fingerprint density at radius 3 is 2.64 bits per heavy atom. The average Bonchev–Trinajstić information content (AvgIpc) is 3.18. The summed E-state index contributed by atoms with van der Waals surface area (Å²) in [5, 5.41) is 17.3. The van der Waals surface area contributed by atoms with Crippen LogP contribution in [-0.2, 0) is 9.84 Å². The smallest absolute Gasteiger partial charge is 0.181 e. The van der Waals surface area contributed by atoms with Gasteiger partial charge in [-0.1, -0.05) is 6.92 Å². The molecule has 0 saturated heterocycles. The summed E-state index contributed by atoms with van der Waals surface area (Å²) in [5.41, 5.74) is 0. The molecule has 0 aliphatic heterocycles. The van der Waals surface area contributed by atoms with Crippen molar-refractivity contribution in [3.63, 3.8) is 0 Å². The van der Waals surface area contributed by atoms with Gasteiger partial charge in [0.05, 0.1) is 18.1 Å². The highest BCUT2D eigenvalue weighted by Crippen LogP contribution is 2.22. The Kier molecular flexibility index (Phi) is 3.37. The molecule has 0 spiro atoms. The minimum atomic E-state index is -3.50. The van der Waals surface area contributed by atoms with Crippen molar-refractivity contribution in [2.75, 3.05) is 5.75 Å². The number of aromatic hydroxyl groups is 1. The lowest BCUT2D eigenvalue weighted by Gasteiger charge is -2.10. The van der Waals surface area contributed by atoms with Crippen LogP contribution in [0.15, 0.2) is 42.1 Å². The summed E-state index contributed by atoms with van der Waals surface area (Å²) < 4.78 is 27.0. The Hall–Kier alpha value is -2.75. The fourth-order valence-electron chi connectivity index (χ4n) is 1.87. The molecule has 0 aromatic carbocycles. The van der Waals surface area contributed by atoms with Crippen LogP contribution < -0.4 is 0 Å². The van der Waals surface area contributed by atoms with E-state index in [9.17, 15) is 13.5 Å². The van der Waals surface area contributed by atoms with E-state index >= 15 is 0 Å². The van der Waals surface area contributed by atoms with Gasteiger partial charge in [-0.3, -0.25) is 0 Å². The molecule has 3 heterocycles. The molecular formula is C12H12N6O3S. The zero-order valence-electron chi connectivity index (χ0n) is 11.5. The lowest BCUT2D eigenvalue weighted by molar-refractivity contribution is 0.475. The maximum Gasteiger partial charge on any atom is 0.181 e. The van der Waals surface area contributed by atoms with Crippen molar-refractivity contribution in [1.82, 2.24) is 29.5 Å². The van der Waals surface area contributed by atoms with E-state index in [4.69, 9.17) is 0 Å². The van der Waals surface area contributed by atoms with Crippen molar-refractivity contribution in [3.05, 3.63) is 37.2 Å². The molecule has 0 aliphatic rings. The van der Waals surface area contributed by atoms with Gasteiger partial charge in [0.1, 0.15) is 17.6 Å². The van der Waals surface area contributed by atoms with Gasteiger partial charge >= 0.3 is 0 Å². The van der Waals surface area contributed by atoms with E-state index in [2.05, 4.69) is 20.2 Å². The summed E-state index contributed by atoms with van der Waals surface area (Å²) in [4.78, 5) is 8.14. The molecule has 0 amide bonds. The summed E-state index contributed by atoms with van der Waals surface area (Å²) >= 11 is 0. The van der Waals surface area contributed by atoms with Crippen molar-refractivity contribution < 1.29 is 13.5 Å². The number of sulfone groups is 1. The van der Waals surface area contributed by atoms with Gasteiger partial charge in [-0.05, 0) is 12.1 Å². The van der Waals surface area contributed by atoms with Gasteiger partial charge in [0.15, 0.2) is 27.2 Å². The molecule has 22 heavy (non-hydrogen) atoms. The van der Waals surface area contributed by atoms with Crippen LogP contribution >= 0.6 is 0 Å². The second-order valence-corrected chi connectivity index (χ2v) is 6.62. The zero-order chi connectivity index (χ0) is 15.7. The maximum atomic E-state index is 12.2. The Bertz CT molecular complexity index is 901. The monoisotopic (exact) mass is 320 g/mol. The molecule has 0 aliphatic carbocycles. The van der Waals surface area contributed by atoms with E-state index in [1.807, 2.05) is 0 Å². The lowest BCUT2D eigenvalue weighted by atomic mass is 10.4. The van der Waals surface area contributed by atoms with Crippen molar-refractivity contribution >= 4 is 9.84 Å². The van der Waals surface area contributed by atoms with Crippen LogP contribution in [0.1, 0.15) is 6.92 Å². The predicted molar refractivity (Wildman–Crippen MR) is 75.7 cm³/mol. The van der Waals surface area contributed by atoms with E-state index in [0.29, 0.717) is 5.82 Å². The van der Waals surface area contributed by atoms with Crippen LogP contribution in [0.25, 0.3) is 11.6 Å². The van der Waals surface area contributed by atoms with Crippen LogP contribution in [0.2, 0.25) is 0 Å². The van der Waals surface area contributed by atoms with Gasteiger partial charge in [-0.2, -0.15) is 10.2 Å². The Labute approximate surface area is 125 Å². The van der Waals surface area contributed by atoms with E-state index in [0.717, 1.165) is 0 Å². The molecule has 10 heteroatoms. The number of rotatable bonds is 4. The fraction of sp³-hybridized carbons (Fsp3) is 0.167. The first-order valence-electron chi connectivity index (χ1n) is 6.34. The van der Waals surface area contributed by atoms with Crippen molar-refractivity contribution in [3.8, 4) is 17.4 Å². The molecule has 0 bridgehead atoms. The normalized spacial score (nSPS) is 11.7. The number of hydrogen-bond donors (Lipinski definition) is 1. The van der Waals surface area contributed by atoms with Crippen molar-refractivity contribution in [1.29, 1.82) is 0 Å². The van der Waals surface area contributed by atoms with E-state index in [1.54, 1.807) is 6.92 Å². The lowest BCUT2D eigenvalue weighted by Crippen LogP contribution is -2.13. The summed E-state index contributed by atoms with van der Waals surface area (Å²) in [7, 11) is -3.50. The molecule has 114 valence electrons. The first-order valence-corrected chi connectivity index (χ1v) is 7.99. The molecule has 0 unspecified atom stereocenters. The first-order chi connectivity index (χ1) is 10.5. The van der Waals surface area contributed by atoms with Crippen LogP contribution in [0.3, 0.4) is 0 Å². The van der Waals surface area contributed by atoms with E-state index < -0.39 is 9.84 Å². The van der Waals surface area contributed by atoms with Crippen LogP contribution in [0.4, 0.5) is 0 Å². The van der Waals surface area contributed by atoms with E-state index in [1.165, 1.54) is 46.5 Å². The molecule has 3 rings (SSSR count). The molecule has 3 aromatic rings. The number of hydrogen-bond acceptors (Lipinski definition) is 7. The largest absolute Gasteiger partial charge is 0.505 e. The third-order valence-electron chi connectivity index (χ3n) is 2.98. The van der Waals surface area contributed by atoms with Gasteiger partial charge in [-0.25, -0.2) is 27.7 Å². The van der Waals surface area contributed by atoms with Gasteiger partial charge in [0, 0.05) is 0 Å². The van der Waals surface area contributed by atoms with Gasteiger partial charge < -0.3 is 5.11 Å². The molecule has 9 nitrogen and oxygen atoms in total. The molecule has 3 aromatic heterocycles. The SMILES string of the molecule is CCS(=O)(=O)c1ccc(-n2cncn2)nc1-n1cc(O)cn1. The summed E-state index contributed by atoms with van der Waals surface area (Å²) in [6.07, 6.45) is 5.27. The number of pyridine rings is 1. The quantitative estimate of drug-likeness (QED) is 0.737. The Morgan fingerprint density at radius 1 is 1.23 bits per heavy atom. The van der Waals surface area contributed by atoms with Crippen LogP contribution in [0.5, 0.6) is 5.75 Å². The standard InChI is InChI=1S/C12H12N6O3S/c1-2-22(20,21)10-3-4-11(18-8-13-7-15-18)16-12(10)17-6-9(19)5-14-17/h3-8,19H,2H2,1H3. The van der Waals surface area contributed by atoms with E-state index in [-0.39, 0.29) is 22.2 Å². The van der Waals surface area contributed by atoms with Gasteiger partial charge in [0.2, 0.25) is 0 Å². The molecule has 0 radical (unpaired) electrons.